The van der Waals surface area contributed by atoms with Crippen LogP contribution in [0.15, 0.2) is 24.3 Å². The second-order valence-electron chi connectivity index (χ2n) is 5.77. The predicted molar refractivity (Wildman–Crippen MR) is 81.1 cm³/mol. The zero-order valence-corrected chi connectivity index (χ0v) is 12.5. The van der Waals surface area contributed by atoms with E-state index in [-0.39, 0.29) is 11.5 Å². The first-order chi connectivity index (χ1) is 9.56. The number of hydrogen-bond donors (Lipinski definition) is 2. The van der Waals surface area contributed by atoms with Gasteiger partial charge in [0.15, 0.2) is 0 Å². The molecule has 1 aromatic rings. The molecule has 2 N–H and O–H groups in total. The number of methoxy groups -OCH3 is 1. The van der Waals surface area contributed by atoms with Crippen molar-refractivity contribution < 1.29 is 9.53 Å². The lowest BCUT2D eigenvalue weighted by molar-refractivity contribution is -0.0679. The van der Waals surface area contributed by atoms with E-state index < -0.39 is 0 Å². The molecule has 1 aliphatic carbocycles. The first kappa shape index (κ1) is 14.9. The average molecular weight is 276 g/mol. The standard InChI is InChI=1S/C16H24N2O2/c1-12(2)18-14-8-5-4-7-13(14)15(19)17-11-16(20-3)9-6-10-16/h4-5,7-8,12,18H,6,9-11H2,1-3H3,(H,17,19). The van der Waals surface area contributed by atoms with Crippen LogP contribution in [0.3, 0.4) is 0 Å². The van der Waals surface area contributed by atoms with E-state index in [9.17, 15) is 4.79 Å². The lowest BCUT2D eigenvalue weighted by Crippen LogP contribution is -2.49. The van der Waals surface area contributed by atoms with Gasteiger partial charge in [0.1, 0.15) is 0 Å². The number of para-hydroxylation sites is 1. The van der Waals surface area contributed by atoms with E-state index >= 15 is 0 Å². The van der Waals surface area contributed by atoms with E-state index in [1.165, 1.54) is 6.42 Å². The van der Waals surface area contributed by atoms with E-state index in [0.717, 1.165) is 18.5 Å². The Morgan fingerprint density at radius 3 is 2.60 bits per heavy atom. The Morgan fingerprint density at radius 2 is 2.05 bits per heavy atom. The van der Waals surface area contributed by atoms with E-state index in [1.807, 2.05) is 24.3 Å². The summed E-state index contributed by atoms with van der Waals surface area (Å²) in [6.45, 7) is 4.70. The number of amides is 1. The van der Waals surface area contributed by atoms with Crippen molar-refractivity contribution in [2.24, 2.45) is 0 Å². The number of carbonyl (C=O) groups is 1. The summed E-state index contributed by atoms with van der Waals surface area (Å²) in [5, 5.41) is 6.30. The van der Waals surface area contributed by atoms with Crippen LogP contribution in [0.1, 0.15) is 43.5 Å². The van der Waals surface area contributed by atoms with Gasteiger partial charge in [0.2, 0.25) is 0 Å². The molecule has 1 saturated carbocycles. The van der Waals surface area contributed by atoms with Crippen LogP contribution in [0.25, 0.3) is 0 Å². The first-order valence-electron chi connectivity index (χ1n) is 7.25. The highest BCUT2D eigenvalue weighted by Crippen LogP contribution is 2.34. The maximum absolute atomic E-state index is 12.3. The van der Waals surface area contributed by atoms with Gasteiger partial charge in [0, 0.05) is 25.4 Å². The highest BCUT2D eigenvalue weighted by molar-refractivity contribution is 5.99. The molecule has 0 heterocycles. The van der Waals surface area contributed by atoms with Crippen molar-refractivity contribution in [3.05, 3.63) is 29.8 Å². The van der Waals surface area contributed by atoms with E-state index in [0.29, 0.717) is 18.2 Å². The lowest BCUT2D eigenvalue weighted by atomic mass is 9.80. The third kappa shape index (κ3) is 3.31. The molecule has 1 amide bonds. The van der Waals surface area contributed by atoms with Crippen molar-refractivity contribution in [1.29, 1.82) is 0 Å². The molecule has 0 saturated heterocycles. The Morgan fingerprint density at radius 1 is 1.35 bits per heavy atom. The fourth-order valence-electron chi connectivity index (χ4n) is 2.48. The fourth-order valence-corrected chi connectivity index (χ4v) is 2.48. The van der Waals surface area contributed by atoms with Gasteiger partial charge in [-0.2, -0.15) is 0 Å². The normalized spacial score (nSPS) is 16.6. The van der Waals surface area contributed by atoms with Gasteiger partial charge in [-0.15, -0.1) is 0 Å². The van der Waals surface area contributed by atoms with Crippen LogP contribution < -0.4 is 10.6 Å². The number of benzene rings is 1. The number of carbonyl (C=O) groups excluding carboxylic acids is 1. The van der Waals surface area contributed by atoms with Gasteiger partial charge < -0.3 is 15.4 Å². The van der Waals surface area contributed by atoms with Crippen molar-refractivity contribution in [2.75, 3.05) is 19.0 Å². The van der Waals surface area contributed by atoms with Gasteiger partial charge in [0.25, 0.3) is 5.91 Å². The molecule has 0 aliphatic heterocycles. The Bertz CT molecular complexity index is 462. The molecular formula is C16H24N2O2. The molecule has 0 unspecified atom stereocenters. The largest absolute Gasteiger partial charge is 0.382 e. The minimum Gasteiger partial charge on any atom is -0.382 e. The van der Waals surface area contributed by atoms with E-state index in [4.69, 9.17) is 4.74 Å². The van der Waals surface area contributed by atoms with Crippen molar-refractivity contribution in [3.8, 4) is 0 Å². The fraction of sp³-hybridized carbons (Fsp3) is 0.562. The molecule has 2 rings (SSSR count). The summed E-state index contributed by atoms with van der Waals surface area (Å²) in [4.78, 5) is 12.3. The highest BCUT2D eigenvalue weighted by atomic mass is 16.5. The topological polar surface area (TPSA) is 50.4 Å². The van der Waals surface area contributed by atoms with Crippen LogP contribution in [0.4, 0.5) is 5.69 Å². The third-order valence-corrected chi connectivity index (χ3v) is 3.88. The molecule has 1 aliphatic rings. The summed E-state index contributed by atoms with van der Waals surface area (Å²) in [7, 11) is 1.72. The summed E-state index contributed by atoms with van der Waals surface area (Å²) in [6.07, 6.45) is 3.22. The van der Waals surface area contributed by atoms with Crippen molar-refractivity contribution in [1.82, 2.24) is 5.32 Å². The van der Waals surface area contributed by atoms with Gasteiger partial charge in [-0.05, 0) is 45.2 Å². The minimum absolute atomic E-state index is 0.0444. The highest BCUT2D eigenvalue weighted by Gasteiger charge is 2.37. The van der Waals surface area contributed by atoms with Crippen LogP contribution in [-0.2, 0) is 4.74 Å². The number of hydrogen-bond acceptors (Lipinski definition) is 3. The lowest BCUT2D eigenvalue weighted by Gasteiger charge is -2.40. The smallest absolute Gasteiger partial charge is 0.253 e. The maximum atomic E-state index is 12.3. The van der Waals surface area contributed by atoms with Crippen LogP contribution in [0, 0.1) is 0 Å². The number of ether oxygens (including phenoxy) is 1. The van der Waals surface area contributed by atoms with Crippen molar-refractivity contribution in [2.45, 2.75) is 44.8 Å². The maximum Gasteiger partial charge on any atom is 0.253 e. The van der Waals surface area contributed by atoms with Gasteiger partial charge in [-0.1, -0.05) is 12.1 Å². The second kappa shape index (κ2) is 6.27. The SMILES string of the molecule is COC1(CNC(=O)c2ccccc2NC(C)C)CCC1. The molecular weight excluding hydrogens is 252 g/mol. The van der Waals surface area contributed by atoms with Crippen LogP contribution in [-0.4, -0.2) is 31.2 Å². The Balaban J connectivity index is 2.01. The van der Waals surface area contributed by atoms with Crippen LogP contribution in [0.2, 0.25) is 0 Å². The van der Waals surface area contributed by atoms with Gasteiger partial charge >= 0.3 is 0 Å². The quantitative estimate of drug-likeness (QED) is 0.840. The van der Waals surface area contributed by atoms with Gasteiger partial charge in [0.05, 0.1) is 11.2 Å². The van der Waals surface area contributed by atoms with E-state index in [1.54, 1.807) is 7.11 Å². The zero-order valence-electron chi connectivity index (χ0n) is 12.5. The summed E-state index contributed by atoms with van der Waals surface area (Å²) in [6, 6.07) is 7.89. The Labute approximate surface area is 120 Å². The predicted octanol–water partition coefficient (Wildman–Crippen LogP) is 2.81. The minimum atomic E-state index is -0.143. The summed E-state index contributed by atoms with van der Waals surface area (Å²) < 4.78 is 5.52. The molecule has 20 heavy (non-hydrogen) atoms. The number of nitrogens with one attached hydrogen (secondary N) is 2. The first-order valence-corrected chi connectivity index (χ1v) is 7.25. The average Bonchev–Trinajstić information content (AvgIpc) is 2.37. The van der Waals surface area contributed by atoms with Crippen molar-refractivity contribution in [3.63, 3.8) is 0 Å². The third-order valence-electron chi connectivity index (χ3n) is 3.88. The molecule has 0 spiro atoms. The van der Waals surface area contributed by atoms with Gasteiger partial charge in [-0.3, -0.25) is 4.79 Å². The Hall–Kier alpha value is -1.55. The molecule has 0 bridgehead atoms. The summed E-state index contributed by atoms with van der Waals surface area (Å²) >= 11 is 0. The monoisotopic (exact) mass is 276 g/mol. The second-order valence-corrected chi connectivity index (χ2v) is 5.77. The molecule has 4 heteroatoms. The van der Waals surface area contributed by atoms with Gasteiger partial charge in [-0.25, -0.2) is 0 Å². The Kier molecular flexibility index (Phi) is 4.65. The zero-order chi connectivity index (χ0) is 14.6. The molecule has 1 fully saturated rings. The molecule has 110 valence electrons. The van der Waals surface area contributed by atoms with Crippen LogP contribution in [0.5, 0.6) is 0 Å². The van der Waals surface area contributed by atoms with Crippen LogP contribution >= 0.6 is 0 Å². The summed E-state index contributed by atoms with van der Waals surface area (Å²) in [5.41, 5.74) is 1.42. The van der Waals surface area contributed by atoms with E-state index in [2.05, 4.69) is 24.5 Å². The molecule has 0 radical (unpaired) electrons. The molecule has 0 aromatic heterocycles. The number of rotatable bonds is 6. The molecule has 0 atom stereocenters. The summed E-state index contributed by atoms with van der Waals surface area (Å²) in [5.74, 6) is -0.0444. The molecule has 4 nitrogen and oxygen atoms in total. The van der Waals surface area contributed by atoms with Crippen molar-refractivity contribution >= 4 is 11.6 Å². The number of anilines is 1. The molecule has 1 aromatic carbocycles.